The van der Waals surface area contributed by atoms with Crippen LogP contribution >= 0.6 is 15.9 Å². The molecule has 7 heteroatoms. The van der Waals surface area contributed by atoms with E-state index in [9.17, 15) is 19.3 Å². The van der Waals surface area contributed by atoms with Crippen LogP contribution in [0.15, 0.2) is 16.6 Å². The summed E-state index contributed by atoms with van der Waals surface area (Å²) in [4.78, 5) is 20.8. The molecule has 1 rings (SSSR count). The summed E-state index contributed by atoms with van der Waals surface area (Å²) in [6.45, 7) is 0. The summed E-state index contributed by atoms with van der Waals surface area (Å²) in [6, 6.07) is 2.05. The number of non-ortho nitro benzene ring substituents is 1. The van der Waals surface area contributed by atoms with Crippen LogP contribution in [-0.4, -0.2) is 18.0 Å². The van der Waals surface area contributed by atoms with Gasteiger partial charge in [-0.2, -0.15) is 0 Å². The molecule has 0 heterocycles. The number of rotatable bonds is 3. The Morgan fingerprint density at radius 1 is 1.62 bits per heavy atom. The number of esters is 1. The molecule has 0 aromatic heterocycles. The van der Waals surface area contributed by atoms with Crippen molar-refractivity contribution in [1.29, 1.82) is 0 Å². The monoisotopic (exact) mass is 291 g/mol. The maximum atomic E-state index is 13.5. The molecule has 1 aromatic rings. The summed E-state index contributed by atoms with van der Waals surface area (Å²) < 4.78 is 17.8. The molecule has 0 bridgehead atoms. The molecule has 0 aliphatic carbocycles. The molecule has 0 N–H and O–H groups in total. The number of methoxy groups -OCH3 is 1. The Hall–Kier alpha value is -1.50. The van der Waals surface area contributed by atoms with Gasteiger partial charge in [-0.05, 0) is 15.9 Å². The number of hydrogen-bond acceptors (Lipinski definition) is 4. The average molecular weight is 292 g/mol. The van der Waals surface area contributed by atoms with Crippen LogP contribution in [0, 0.1) is 15.9 Å². The smallest absolute Gasteiger partial charge is 0.310 e. The van der Waals surface area contributed by atoms with Crippen LogP contribution in [0.25, 0.3) is 0 Å². The molecule has 0 atom stereocenters. The zero-order chi connectivity index (χ0) is 12.3. The van der Waals surface area contributed by atoms with Crippen LogP contribution in [0.1, 0.15) is 5.56 Å². The van der Waals surface area contributed by atoms with Gasteiger partial charge in [-0.3, -0.25) is 14.9 Å². The van der Waals surface area contributed by atoms with Gasteiger partial charge in [0.25, 0.3) is 5.69 Å². The van der Waals surface area contributed by atoms with E-state index < -0.39 is 16.7 Å². The first kappa shape index (κ1) is 12.6. The van der Waals surface area contributed by atoms with Gasteiger partial charge in [-0.15, -0.1) is 0 Å². The Morgan fingerprint density at radius 2 is 2.25 bits per heavy atom. The molecule has 0 fully saturated rings. The van der Waals surface area contributed by atoms with Gasteiger partial charge in [0.2, 0.25) is 0 Å². The number of ether oxygens (including phenoxy) is 1. The van der Waals surface area contributed by atoms with E-state index in [1.54, 1.807) is 0 Å². The van der Waals surface area contributed by atoms with E-state index in [0.29, 0.717) is 0 Å². The van der Waals surface area contributed by atoms with Gasteiger partial charge in [0.1, 0.15) is 5.82 Å². The van der Waals surface area contributed by atoms with E-state index in [1.165, 1.54) is 0 Å². The van der Waals surface area contributed by atoms with Crippen molar-refractivity contribution in [2.75, 3.05) is 7.11 Å². The van der Waals surface area contributed by atoms with E-state index in [2.05, 4.69) is 20.7 Å². The highest BCUT2D eigenvalue weighted by molar-refractivity contribution is 9.10. The van der Waals surface area contributed by atoms with Crippen LogP contribution in [0.5, 0.6) is 0 Å². The number of carbonyl (C=O) groups is 1. The maximum Gasteiger partial charge on any atom is 0.310 e. The third-order valence-electron chi connectivity index (χ3n) is 1.86. The minimum absolute atomic E-state index is 0.0550. The van der Waals surface area contributed by atoms with Crippen LogP contribution in [0.3, 0.4) is 0 Å². The Bertz CT molecular complexity index is 449. The molecule has 0 aliphatic heterocycles. The summed E-state index contributed by atoms with van der Waals surface area (Å²) in [6.07, 6.45) is -0.345. The van der Waals surface area contributed by atoms with Crippen molar-refractivity contribution < 1.29 is 18.8 Å². The van der Waals surface area contributed by atoms with Gasteiger partial charge in [-0.25, -0.2) is 4.39 Å². The van der Waals surface area contributed by atoms with Crippen molar-refractivity contribution in [3.63, 3.8) is 0 Å². The van der Waals surface area contributed by atoms with Crippen molar-refractivity contribution in [3.05, 3.63) is 38.1 Å². The highest BCUT2D eigenvalue weighted by Gasteiger charge is 2.17. The van der Waals surface area contributed by atoms with E-state index in [0.717, 1.165) is 19.2 Å². The number of benzene rings is 1. The second-order valence-corrected chi connectivity index (χ2v) is 3.77. The van der Waals surface area contributed by atoms with Gasteiger partial charge >= 0.3 is 5.97 Å². The number of nitrogens with zero attached hydrogens (tertiary/aromatic N) is 1. The second kappa shape index (κ2) is 5.02. The molecule has 0 radical (unpaired) electrons. The maximum absolute atomic E-state index is 13.5. The molecule has 0 saturated carbocycles. The molecule has 16 heavy (non-hydrogen) atoms. The summed E-state index contributed by atoms with van der Waals surface area (Å²) in [7, 11) is 1.16. The average Bonchev–Trinajstić information content (AvgIpc) is 2.23. The lowest BCUT2D eigenvalue weighted by Gasteiger charge is -2.03. The number of nitro benzene ring substituents is 1. The van der Waals surface area contributed by atoms with Crippen LogP contribution in [0.2, 0.25) is 0 Å². The van der Waals surface area contributed by atoms with Gasteiger partial charge in [-0.1, -0.05) is 0 Å². The molecule has 1 aromatic carbocycles. The molecule has 86 valence electrons. The van der Waals surface area contributed by atoms with E-state index in [-0.39, 0.29) is 22.1 Å². The molecular weight excluding hydrogens is 285 g/mol. The second-order valence-electron chi connectivity index (χ2n) is 2.91. The Morgan fingerprint density at radius 3 is 2.75 bits per heavy atom. The summed E-state index contributed by atoms with van der Waals surface area (Å²) in [5.41, 5.74) is -0.361. The predicted octanol–water partition coefficient (Wildman–Crippen LogP) is 2.21. The molecule has 0 saturated heterocycles. The lowest BCUT2D eigenvalue weighted by molar-refractivity contribution is -0.385. The number of nitro groups is 1. The van der Waals surface area contributed by atoms with Crippen molar-refractivity contribution in [1.82, 2.24) is 0 Å². The molecule has 0 amide bonds. The summed E-state index contributed by atoms with van der Waals surface area (Å²) in [5, 5.41) is 10.5. The van der Waals surface area contributed by atoms with E-state index in [4.69, 9.17) is 0 Å². The van der Waals surface area contributed by atoms with Crippen LogP contribution < -0.4 is 0 Å². The first-order valence-electron chi connectivity index (χ1n) is 4.15. The van der Waals surface area contributed by atoms with Crippen molar-refractivity contribution >= 4 is 27.6 Å². The number of carbonyl (C=O) groups excluding carboxylic acids is 1. The van der Waals surface area contributed by atoms with Crippen molar-refractivity contribution in [3.8, 4) is 0 Å². The lowest BCUT2D eigenvalue weighted by atomic mass is 10.1. The minimum atomic E-state index is -0.698. The minimum Gasteiger partial charge on any atom is -0.469 e. The zero-order valence-electron chi connectivity index (χ0n) is 8.20. The highest BCUT2D eigenvalue weighted by atomic mass is 79.9. The zero-order valence-corrected chi connectivity index (χ0v) is 9.78. The lowest BCUT2D eigenvalue weighted by Crippen LogP contribution is -2.07. The normalized spacial score (nSPS) is 9.94. The van der Waals surface area contributed by atoms with Crippen LogP contribution in [-0.2, 0) is 16.0 Å². The molecular formula is C9H7BrFNO4. The quantitative estimate of drug-likeness (QED) is 0.486. The van der Waals surface area contributed by atoms with Gasteiger partial charge in [0.05, 0.1) is 22.9 Å². The molecule has 5 nitrogen and oxygen atoms in total. The Balaban J connectivity index is 3.16. The van der Waals surface area contributed by atoms with E-state index >= 15 is 0 Å². The number of hydrogen-bond donors (Lipinski definition) is 0. The summed E-state index contributed by atoms with van der Waals surface area (Å²) in [5.74, 6) is -1.36. The van der Waals surface area contributed by atoms with E-state index in [1.807, 2.05) is 0 Å². The van der Waals surface area contributed by atoms with Gasteiger partial charge in [0, 0.05) is 17.7 Å². The topological polar surface area (TPSA) is 69.4 Å². The van der Waals surface area contributed by atoms with Gasteiger partial charge < -0.3 is 4.74 Å². The third kappa shape index (κ3) is 2.75. The Labute approximate surface area is 98.5 Å². The number of halogens is 2. The predicted molar refractivity (Wildman–Crippen MR) is 56.5 cm³/mol. The summed E-state index contributed by atoms with van der Waals surface area (Å²) >= 11 is 2.85. The molecule has 0 aliphatic rings. The first-order valence-corrected chi connectivity index (χ1v) is 4.94. The fourth-order valence-corrected chi connectivity index (χ4v) is 1.58. The Kier molecular flexibility index (Phi) is 3.94. The third-order valence-corrected chi connectivity index (χ3v) is 2.44. The fraction of sp³-hybridized carbons (Fsp3) is 0.222. The van der Waals surface area contributed by atoms with Crippen molar-refractivity contribution in [2.24, 2.45) is 0 Å². The fourth-order valence-electron chi connectivity index (χ4n) is 1.09. The molecule has 0 unspecified atom stereocenters. The molecule has 0 spiro atoms. The SMILES string of the molecule is COC(=O)Cc1cc([N+](=O)[O-])cc(Br)c1F. The van der Waals surface area contributed by atoms with Crippen molar-refractivity contribution in [2.45, 2.75) is 6.42 Å². The van der Waals surface area contributed by atoms with Gasteiger partial charge in [0.15, 0.2) is 0 Å². The largest absolute Gasteiger partial charge is 0.469 e. The highest BCUT2D eigenvalue weighted by Crippen LogP contribution is 2.26. The standard InChI is InChI=1S/C9H7BrFNO4/c1-16-8(13)3-5-2-6(12(14)15)4-7(10)9(5)11/h2,4H,3H2,1H3. The first-order chi connectivity index (χ1) is 7.45. The van der Waals surface area contributed by atoms with Crippen LogP contribution in [0.4, 0.5) is 10.1 Å².